The van der Waals surface area contributed by atoms with Gasteiger partial charge >= 0.3 is 6.03 Å². The van der Waals surface area contributed by atoms with E-state index in [1.165, 1.54) is 0 Å². The number of oxime groups is 1. The Morgan fingerprint density at radius 1 is 1.80 bits per heavy atom. The first-order valence-electron chi connectivity index (χ1n) is 2.13. The van der Waals surface area contributed by atoms with Crippen LogP contribution in [-0.2, 0) is 0 Å². The van der Waals surface area contributed by atoms with Gasteiger partial charge in [-0.05, 0) is 22.6 Å². The second kappa shape index (κ2) is 4.97. The van der Waals surface area contributed by atoms with Crippen molar-refractivity contribution in [3.8, 4) is 0 Å². The van der Waals surface area contributed by atoms with Crippen molar-refractivity contribution in [1.82, 2.24) is 5.43 Å². The van der Waals surface area contributed by atoms with Crippen LogP contribution in [0.4, 0.5) is 4.79 Å². The van der Waals surface area contributed by atoms with Crippen molar-refractivity contribution in [2.75, 3.05) is 0 Å². The summed E-state index contributed by atoms with van der Waals surface area (Å²) in [4.78, 5) is 10.0. The fraction of sp³-hybridized carbons (Fsp3) is 0. The van der Waals surface area contributed by atoms with E-state index in [1.54, 1.807) is 22.6 Å². The van der Waals surface area contributed by atoms with Gasteiger partial charge in [0.2, 0.25) is 0 Å². The van der Waals surface area contributed by atoms with Crippen LogP contribution in [0.5, 0.6) is 0 Å². The molecule has 2 amide bonds. The molecule has 0 radical (unpaired) electrons. The van der Waals surface area contributed by atoms with Crippen LogP contribution in [0.3, 0.4) is 0 Å². The Bertz CT molecular complexity index is 177. The van der Waals surface area contributed by atoms with Crippen molar-refractivity contribution >= 4 is 38.6 Å². The van der Waals surface area contributed by atoms with Gasteiger partial charge < -0.3 is 10.9 Å². The lowest BCUT2D eigenvalue weighted by Crippen LogP contribution is -2.25. The second-order valence-electron chi connectivity index (χ2n) is 1.16. The molecule has 0 rings (SSSR count). The molecule has 0 aromatic heterocycles. The van der Waals surface area contributed by atoms with Crippen LogP contribution in [0.2, 0.25) is 0 Å². The third kappa shape index (κ3) is 5.28. The number of nitrogens with two attached hydrogens (primary N) is 1. The summed E-state index contributed by atoms with van der Waals surface area (Å²) in [5, 5.41) is 14.0. The van der Waals surface area contributed by atoms with Crippen molar-refractivity contribution < 1.29 is 10.0 Å². The molecule has 10 heavy (non-hydrogen) atoms. The highest BCUT2D eigenvalue weighted by molar-refractivity contribution is 14.1. The van der Waals surface area contributed by atoms with E-state index < -0.39 is 6.03 Å². The molecule has 0 aliphatic carbocycles. The summed E-state index contributed by atoms with van der Waals surface area (Å²) in [6.07, 6.45) is 1.05. The largest absolute Gasteiger partial charge is 0.411 e. The number of halogens is 1. The maximum Gasteiger partial charge on any atom is 0.332 e. The van der Waals surface area contributed by atoms with E-state index in [0.717, 1.165) is 6.21 Å². The summed E-state index contributed by atoms with van der Waals surface area (Å²) >= 11 is 1.75. The minimum Gasteiger partial charge on any atom is -0.411 e. The number of urea groups is 1. The van der Waals surface area contributed by atoms with Crippen molar-refractivity contribution in [2.24, 2.45) is 16.0 Å². The standard InChI is InChI=1S/C3H5IN4O2/c4-2(1-6-10)7-8-3(5)9/h1,10H,(H3,5,8,9)/b6-1+,7-2+. The van der Waals surface area contributed by atoms with Gasteiger partial charge in [-0.1, -0.05) is 5.16 Å². The molecule has 0 saturated carbocycles. The van der Waals surface area contributed by atoms with E-state index >= 15 is 0 Å². The smallest absolute Gasteiger partial charge is 0.332 e. The van der Waals surface area contributed by atoms with Gasteiger partial charge in [0.25, 0.3) is 0 Å². The SMILES string of the molecule is NC(=O)N/N=C(I)\C=N\O. The van der Waals surface area contributed by atoms with Crippen molar-refractivity contribution in [3.63, 3.8) is 0 Å². The molecule has 0 aliphatic heterocycles. The molecule has 4 N–H and O–H groups in total. The average molecular weight is 256 g/mol. The summed E-state index contributed by atoms with van der Waals surface area (Å²) < 4.78 is 0.318. The molecule has 0 heterocycles. The highest BCUT2D eigenvalue weighted by Crippen LogP contribution is 1.83. The Labute approximate surface area is 70.3 Å². The topological polar surface area (TPSA) is 100 Å². The first-order chi connectivity index (χ1) is 4.66. The van der Waals surface area contributed by atoms with Crippen LogP contribution < -0.4 is 11.2 Å². The summed E-state index contributed by atoms with van der Waals surface area (Å²) in [7, 11) is 0. The predicted molar refractivity (Wildman–Crippen MR) is 44.5 cm³/mol. The van der Waals surface area contributed by atoms with Crippen molar-refractivity contribution in [1.29, 1.82) is 0 Å². The van der Waals surface area contributed by atoms with Crippen LogP contribution in [0.1, 0.15) is 0 Å². The zero-order valence-corrected chi connectivity index (χ0v) is 6.94. The Morgan fingerprint density at radius 2 is 2.40 bits per heavy atom. The molecular formula is C3H5IN4O2. The van der Waals surface area contributed by atoms with Crippen LogP contribution in [0.15, 0.2) is 10.3 Å². The van der Waals surface area contributed by atoms with Crippen LogP contribution >= 0.6 is 22.6 Å². The van der Waals surface area contributed by atoms with Gasteiger partial charge in [0.1, 0.15) is 3.72 Å². The van der Waals surface area contributed by atoms with Crippen LogP contribution in [0, 0.1) is 0 Å². The Morgan fingerprint density at radius 3 is 2.80 bits per heavy atom. The molecule has 6 nitrogen and oxygen atoms in total. The fourth-order valence-corrected chi connectivity index (χ4v) is 0.430. The van der Waals surface area contributed by atoms with Crippen LogP contribution in [0.25, 0.3) is 0 Å². The highest BCUT2D eigenvalue weighted by Gasteiger charge is 1.88. The molecular weight excluding hydrogens is 251 g/mol. The first kappa shape index (κ1) is 9.14. The number of primary amides is 1. The van der Waals surface area contributed by atoms with E-state index in [9.17, 15) is 4.79 Å². The number of nitrogens with one attached hydrogen (secondary N) is 1. The van der Waals surface area contributed by atoms with Crippen LogP contribution in [-0.4, -0.2) is 21.2 Å². The molecule has 0 aliphatic rings. The number of hydrogen-bond donors (Lipinski definition) is 3. The molecule has 0 fully saturated rings. The Hall–Kier alpha value is -0.860. The first-order valence-corrected chi connectivity index (χ1v) is 3.20. The molecule has 0 aromatic carbocycles. The summed E-state index contributed by atoms with van der Waals surface area (Å²) in [5.74, 6) is 0. The predicted octanol–water partition coefficient (Wildman–Crippen LogP) is -0.137. The number of carbonyl (C=O) groups is 1. The van der Waals surface area contributed by atoms with E-state index in [-0.39, 0.29) is 0 Å². The number of amides is 2. The van der Waals surface area contributed by atoms with Gasteiger partial charge in [-0.3, -0.25) is 0 Å². The molecule has 56 valence electrons. The molecule has 0 unspecified atom stereocenters. The van der Waals surface area contributed by atoms with Crippen molar-refractivity contribution in [3.05, 3.63) is 0 Å². The average Bonchev–Trinajstić information content (AvgIpc) is 1.85. The Kier molecular flexibility index (Phi) is 4.54. The number of hydrazone groups is 1. The summed E-state index contributed by atoms with van der Waals surface area (Å²) in [6.45, 7) is 0. The Balaban J connectivity index is 3.80. The van der Waals surface area contributed by atoms with Gasteiger partial charge in [-0.2, -0.15) is 5.10 Å². The maximum atomic E-state index is 10.0. The fourth-order valence-electron chi connectivity index (χ4n) is 0.185. The monoisotopic (exact) mass is 256 g/mol. The van der Waals surface area contributed by atoms with Gasteiger partial charge in [-0.15, -0.1) is 0 Å². The van der Waals surface area contributed by atoms with Gasteiger partial charge in [-0.25, -0.2) is 10.2 Å². The number of carbonyl (C=O) groups excluding carboxylic acids is 1. The minimum atomic E-state index is -0.763. The molecule has 0 saturated heterocycles. The maximum absolute atomic E-state index is 10.0. The highest BCUT2D eigenvalue weighted by atomic mass is 127. The van der Waals surface area contributed by atoms with E-state index in [1.807, 2.05) is 5.43 Å². The third-order valence-electron chi connectivity index (χ3n) is 0.437. The molecule has 0 aromatic rings. The summed E-state index contributed by atoms with van der Waals surface area (Å²) in [5.41, 5.74) is 6.62. The summed E-state index contributed by atoms with van der Waals surface area (Å²) in [6, 6.07) is -0.763. The van der Waals surface area contributed by atoms with Gasteiger partial charge in [0.05, 0.1) is 6.21 Å². The third-order valence-corrected chi connectivity index (χ3v) is 0.957. The molecule has 7 heteroatoms. The quantitative estimate of drug-likeness (QED) is 0.277. The minimum absolute atomic E-state index is 0.318. The lowest BCUT2D eigenvalue weighted by molar-refractivity contribution is 0.249. The van der Waals surface area contributed by atoms with Gasteiger partial charge in [0, 0.05) is 0 Å². The lowest BCUT2D eigenvalue weighted by atomic mass is 10.8. The van der Waals surface area contributed by atoms with Gasteiger partial charge in [0.15, 0.2) is 0 Å². The lowest BCUT2D eigenvalue weighted by Gasteiger charge is -1.89. The molecule has 0 atom stereocenters. The van der Waals surface area contributed by atoms with E-state index in [0.29, 0.717) is 3.72 Å². The molecule has 0 bridgehead atoms. The van der Waals surface area contributed by atoms with Crippen molar-refractivity contribution in [2.45, 2.75) is 0 Å². The second-order valence-corrected chi connectivity index (χ2v) is 2.26. The molecule has 0 spiro atoms. The normalized spacial score (nSPS) is 11.9. The van der Waals surface area contributed by atoms with E-state index in [4.69, 9.17) is 5.21 Å². The number of rotatable bonds is 2. The zero-order valence-electron chi connectivity index (χ0n) is 4.78. The zero-order chi connectivity index (χ0) is 7.98. The number of hydrogen-bond acceptors (Lipinski definition) is 4. The van der Waals surface area contributed by atoms with E-state index in [2.05, 4.69) is 16.0 Å². The number of nitrogens with zero attached hydrogens (tertiary/aromatic N) is 2.